The second kappa shape index (κ2) is 5.95. The van der Waals surface area contributed by atoms with E-state index in [1.807, 2.05) is 0 Å². The molecule has 2 rings (SSSR count). The number of nitrogens with zero attached hydrogens (tertiary/aromatic N) is 2. The molecule has 1 aliphatic rings. The minimum atomic E-state index is -0.102. The minimum absolute atomic E-state index is 0.102. The highest BCUT2D eigenvalue weighted by Gasteiger charge is 2.23. The zero-order valence-corrected chi connectivity index (χ0v) is 12.6. The number of hydrogen-bond donors (Lipinski definition) is 1. The van der Waals surface area contributed by atoms with E-state index in [2.05, 4.69) is 31.2 Å². The Morgan fingerprint density at radius 1 is 1.47 bits per heavy atom. The Morgan fingerprint density at radius 2 is 2.16 bits per heavy atom. The number of rotatable bonds is 6. The van der Waals surface area contributed by atoms with Crippen molar-refractivity contribution in [1.29, 1.82) is 0 Å². The molecule has 0 bridgehead atoms. The van der Waals surface area contributed by atoms with Gasteiger partial charge in [-0.1, -0.05) is 32.4 Å². The summed E-state index contributed by atoms with van der Waals surface area (Å²) in [4.78, 5) is 12.3. The Bertz CT molecular complexity index is 494. The average molecular weight is 284 g/mol. The van der Waals surface area contributed by atoms with Gasteiger partial charge in [0, 0.05) is 13.1 Å². The summed E-state index contributed by atoms with van der Waals surface area (Å²) in [5, 5.41) is 7.71. The van der Waals surface area contributed by atoms with E-state index in [1.54, 1.807) is 6.20 Å². The fourth-order valence-electron chi connectivity index (χ4n) is 1.80. The maximum atomic E-state index is 12.3. The van der Waals surface area contributed by atoms with Crippen LogP contribution in [0, 0.1) is 17.8 Å². The molecule has 1 fully saturated rings. The summed E-state index contributed by atoms with van der Waals surface area (Å²) in [6, 6.07) is 0. The van der Waals surface area contributed by atoms with Gasteiger partial charge in [-0.05, 0) is 30.6 Å². The molecule has 106 valence electrons. The Kier molecular flexibility index (Phi) is 4.50. The molecule has 1 heterocycles. The smallest absolute Gasteiger partial charge is 0.291 e. The van der Waals surface area contributed by atoms with Crippen LogP contribution in [-0.2, 0) is 6.54 Å². The molecule has 0 saturated heterocycles. The van der Waals surface area contributed by atoms with Crippen molar-refractivity contribution in [2.75, 3.05) is 11.9 Å². The number of halogens is 1. The van der Waals surface area contributed by atoms with Crippen molar-refractivity contribution in [3.8, 4) is 0 Å². The topological polar surface area (TPSA) is 46.9 Å². The lowest BCUT2D eigenvalue weighted by Crippen LogP contribution is -2.28. The van der Waals surface area contributed by atoms with Gasteiger partial charge in [-0.15, -0.1) is 0 Å². The Hall–Kier alpha value is -1.03. The van der Waals surface area contributed by atoms with Crippen LogP contribution in [0.5, 0.6) is 0 Å². The number of hydrogen-bond acceptors (Lipinski definition) is 3. The van der Waals surface area contributed by atoms with E-state index in [9.17, 15) is 4.79 Å². The zero-order valence-electron chi connectivity index (χ0n) is 11.8. The molecule has 0 radical (unpaired) electrons. The lowest BCUT2D eigenvalue weighted by Gasteiger charge is -2.17. The van der Waals surface area contributed by atoms with E-state index in [4.69, 9.17) is 11.6 Å². The molecule has 0 spiro atoms. The van der Waals surface area contributed by atoms with Crippen LogP contribution < -0.4 is 10.9 Å². The van der Waals surface area contributed by atoms with Gasteiger partial charge in [0.2, 0.25) is 0 Å². The summed E-state index contributed by atoms with van der Waals surface area (Å²) in [5.74, 6) is 1.68. The lowest BCUT2D eigenvalue weighted by atomic mass is 9.98. The third-order valence-electron chi connectivity index (χ3n) is 3.86. The molecule has 0 amide bonds. The highest BCUT2D eigenvalue weighted by Crippen LogP contribution is 2.30. The van der Waals surface area contributed by atoms with Gasteiger partial charge in [-0.2, -0.15) is 5.10 Å². The Labute approximate surface area is 119 Å². The van der Waals surface area contributed by atoms with Crippen molar-refractivity contribution in [1.82, 2.24) is 9.78 Å². The second-order valence-electron chi connectivity index (χ2n) is 5.90. The van der Waals surface area contributed by atoms with Crippen LogP contribution in [0.1, 0.15) is 33.6 Å². The molecule has 1 N–H and O–H groups in total. The molecule has 1 unspecified atom stereocenters. The number of anilines is 1. The minimum Gasteiger partial charge on any atom is -0.379 e. The largest absolute Gasteiger partial charge is 0.379 e. The van der Waals surface area contributed by atoms with E-state index < -0.39 is 0 Å². The van der Waals surface area contributed by atoms with E-state index in [-0.39, 0.29) is 5.56 Å². The molecule has 1 atom stereocenters. The van der Waals surface area contributed by atoms with E-state index in [1.165, 1.54) is 17.5 Å². The normalized spacial score (nSPS) is 16.7. The van der Waals surface area contributed by atoms with Gasteiger partial charge in [0.25, 0.3) is 5.56 Å². The van der Waals surface area contributed by atoms with Crippen LogP contribution in [0.3, 0.4) is 0 Å². The van der Waals surface area contributed by atoms with Gasteiger partial charge in [0.05, 0.1) is 11.2 Å². The molecule has 1 aromatic rings. The summed E-state index contributed by atoms with van der Waals surface area (Å²) in [7, 11) is 0. The van der Waals surface area contributed by atoms with Crippen LogP contribution >= 0.6 is 11.6 Å². The molecule has 4 nitrogen and oxygen atoms in total. The first-order chi connectivity index (χ1) is 8.99. The molecular weight excluding hydrogens is 262 g/mol. The van der Waals surface area contributed by atoms with Crippen molar-refractivity contribution in [3.63, 3.8) is 0 Å². The molecule has 1 aromatic heterocycles. The molecule has 1 saturated carbocycles. The van der Waals surface area contributed by atoms with E-state index in [0.29, 0.717) is 35.0 Å². The first kappa shape index (κ1) is 14.4. The fourth-order valence-corrected chi connectivity index (χ4v) is 1.99. The predicted octanol–water partition coefficient (Wildman–Crippen LogP) is 3.01. The van der Waals surface area contributed by atoms with Crippen LogP contribution in [0.4, 0.5) is 5.69 Å². The molecule has 0 aromatic carbocycles. The predicted molar refractivity (Wildman–Crippen MR) is 78.7 cm³/mol. The van der Waals surface area contributed by atoms with Gasteiger partial charge in [-0.25, -0.2) is 4.68 Å². The summed E-state index contributed by atoms with van der Waals surface area (Å²) in [5.41, 5.74) is 0.389. The highest BCUT2D eigenvalue weighted by atomic mass is 35.5. The third-order valence-corrected chi connectivity index (χ3v) is 4.15. The van der Waals surface area contributed by atoms with Crippen molar-refractivity contribution in [3.05, 3.63) is 21.6 Å². The van der Waals surface area contributed by atoms with Crippen LogP contribution in [-0.4, -0.2) is 16.3 Å². The van der Waals surface area contributed by atoms with Crippen molar-refractivity contribution in [2.45, 2.75) is 40.2 Å². The van der Waals surface area contributed by atoms with Crippen molar-refractivity contribution in [2.24, 2.45) is 17.8 Å². The van der Waals surface area contributed by atoms with E-state index in [0.717, 1.165) is 6.54 Å². The molecule has 1 aliphatic carbocycles. The summed E-state index contributed by atoms with van der Waals surface area (Å²) in [6.07, 6.45) is 3.96. The van der Waals surface area contributed by atoms with Gasteiger partial charge >= 0.3 is 0 Å². The first-order valence-electron chi connectivity index (χ1n) is 6.98. The molecule has 0 aliphatic heterocycles. The van der Waals surface area contributed by atoms with Gasteiger partial charge in [0.15, 0.2) is 0 Å². The summed E-state index contributed by atoms with van der Waals surface area (Å²) >= 11 is 6.08. The van der Waals surface area contributed by atoms with Gasteiger partial charge in [-0.3, -0.25) is 4.79 Å². The second-order valence-corrected chi connectivity index (χ2v) is 6.31. The van der Waals surface area contributed by atoms with Crippen molar-refractivity contribution < 1.29 is 0 Å². The summed E-state index contributed by atoms with van der Waals surface area (Å²) in [6.45, 7) is 7.97. The van der Waals surface area contributed by atoms with E-state index >= 15 is 0 Å². The third kappa shape index (κ3) is 3.72. The SMILES string of the molecule is CC(C)C(C)CNc1c(Cl)cnn(CC2CC2)c1=O. The van der Waals surface area contributed by atoms with Gasteiger partial charge in [0.1, 0.15) is 5.69 Å². The molecule has 19 heavy (non-hydrogen) atoms. The highest BCUT2D eigenvalue weighted by molar-refractivity contribution is 6.32. The number of nitrogens with one attached hydrogen (secondary N) is 1. The monoisotopic (exact) mass is 283 g/mol. The van der Waals surface area contributed by atoms with Crippen LogP contribution in [0.15, 0.2) is 11.0 Å². The zero-order chi connectivity index (χ0) is 14.0. The lowest BCUT2D eigenvalue weighted by molar-refractivity contribution is 0.439. The average Bonchev–Trinajstić information content (AvgIpc) is 3.16. The Balaban J connectivity index is 2.11. The maximum absolute atomic E-state index is 12.3. The van der Waals surface area contributed by atoms with Gasteiger partial charge < -0.3 is 5.32 Å². The van der Waals surface area contributed by atoms with Crippen molar-refractivity contribution >= 4 is 17.3 Å². The fraction of sp³-hybridized carbons (Fsp3) is 0.714. The standard InChI is InChI=1S/C14H22ClN3O/c1-9(2)10(3)6-16-13-12(15)7-17-18(14(13)19)8-11-4-5-11/h7,9-11,16H,4-6,8H2,1-3H3. The molecular formula is C14H22ClN3O. The molecule has 5 heteroatoms. The number of aromatic nitrogens is 2. The first-order valence-corrected chi connectivity index (χ1v) is 7.36. The van der Waals surface area contributed by atoms with Crippen LogP contribution in [0.2, 0.25) is 5.02 Å². The van der Waals surface area contributed by atoms with Crippen LogP contribution in [0.25, 0.3) is 0 Å². The quantitative estimate of drug-likeness (QED) is 0.873. The summed E-state index contributed by atoms with van der Waals surface area (Å²) < 4.78 is 1.53. The Morgan fingerprint density at radius 3 is 2.74 bits per heavy atom. The maximum Gasteiger partial charge on any atom is 0.291 e.